The molecule has 1 aliphatic rings. The number of nitrogens with zero attached hydrogens (tertiary/aromatic N) is 1. The van der Waals surface area contributed by atoms with Crippen molar-refractivity contribution in [3.05, 3.63) is 31.5 Å². The summed E-state index contributed by atoms with van der Waals surface area (Å²) in [7, 11) is 0. The number of H-pyrrole nitrogens is 1. The number of rotatable bonds is 2. The number of aliphatic hydroxyl groups is 2. The number of nitrogens with one attached hydrogen (secondary N) is 1. The lowest BCUT2D eigenvalue weighted by molar-refractivity contribution is -0.0457. The van der Waals surface area contributed by atoms with E-state index in [2.05, 4.69) is 36.8 Å². The van der Waals surface area contributed by atoms with E-state index in [1.165, 1.54) is 6.20 Å². The molecule has 1 aromatic rings. The molecule has 0 aliphatic carbocycles. The van der Waals surface area contributed by atoms with Crippen molar-refractivity contribution in [1.29, 1.82) is 0 Å². The molecule has 3 N–H and O–H groups in total. The van der Waals surface area contributed by atoms with E-state index in [9.17, 15) is 14.7 Å². The average Bonchev–Trinajstić information content (AvgIpc) is 2.61. The Labute approximate surface area is 118 Å². The van der Waals surface area contributed by atoms with Gasteiger partial charge in [0.05, 0.1) is 22.0 Å². The molecule has 7 nitrogen and oxygen atoms in total. The Kier molecular flexibility index (Phi) is 4.07. The Bertz CT molecular complexity index is 557. The van der Waals surface area contributed by atoms with Gasteiger partial charge in [-0.25, -0.2) is 4.79 Å². The van der Waals surface area contributed by atoms with Crippen molar-refractivity contribution in [2.75, 3.05) is 6.61 Å². The highest BCUT2D eigenvalue weighted by molar-refractivity contribution is 9.10. The van der Waals surface area contributed by atoms with Gasteiger partial charge in [0.25, 0.3) is 5.56 Å². The zero-order valence-corrected chi connectivity index (χ0v) is 12.1. The van der Waals surface area contributed by atoms with Gasteiger partial charge in [-0.05, 0) is 15.9 Å². The van der Waals surface area contributed by atoms with E-state index < -0.39 is 34.5 Å². The highest BCUT2D eigenvalue weighted by Crippen LogP contribution is 2.33. The predicted molar refractivity (Wildman–Crippen MR) is 68.7 cm³/mol. The largest absolute Gasteiger partial charge is 0.394 e. The number of aromatic nitrogens is 2. The SMILES string of the molecule is O=c1[nH]c(=O)n([C@H]2O[C@@H](CO)[C@@H](O)[C@H]2Br)cc1Br. The third-order valence-electron chi connectivity index (χ3n) is 2.67. The van der Waals surface area contributed by atoms with Gasteiger partial charge in [0.2, 0.25) is 0 Å². The van der Waals surface area contributed by atoms with Gasteiger partial charge in [0.15, 0.2) is 6.23 Å². The minimum atomic E-state index is -0.947. The maximum atomic E-state index is 11.7. The highest BCUT2D eigenvalue weighted by atomic mass is 79.9. The Hall–Kier alpha value is -0.480. The third-order valence-corrected chi connectivity index (χ3v) is 4.23. The van der Waals surface area contributed by atoms with E-state index in [4.69, 9.17) is 9.84 Å². The van der Waals surface area contributed by atoms with Crippen LogP contribution in [-0.4, -0.2) is 43.4 Å². The van der Waals surface area contributed by atoms with Crippen molar-refractivity contribution >= 4 is 31.9 Å². The van der Waals surface area contributed by atoms with Gasteiger partial charge in [-0.2, -0.15) is 0 Å². The Morgan fingerprint density at radius 2 is 2.17 bits per heavy atom. The Balaban J connectivity index is 2.42. The number of halogens is 2. The van der Waals surface area contributed by atoms with Crippen molar-refractivity contribution in [3.8, 4) is 0 Å². The van der Waals surface area contributed by atoms with Gasteiger partial charge < -0.3 is 14.9 Å². The molecule has 18 heavy (non-hydrogen) atoms. The van der Waals surface area contributed by atoms with Crippen LogP contribution in [0.1, 0.15) is 6.23 Å². The first-order chi connectivity index (χ1) is 8.45. The number of aromatic amines is 1. The molecule has 1 aromatic heterocycles. The zero-order chi connectivity index (χ0) is 13.4. The van der Waals surface area contributed by atoms with Crippen LogP contribution in [0.5, 0.6) is 0 Å². The van der Waals surface area contributed by atoms with Gasteiger partial charge in [-0.3, -0.25) is 14.3 Å². The van der Waals surface area contributed by atoms with Crippen LogP contribution in [0.15, 0.2) is 20.3 Å². The number of ether oxygens (including phenoxy) is 1. The normalized spacial score (nSPS) is 31.8. The van der Waals surface area contributed by atoms with Crippen LogP contribution in [0.3, 0.4) is 0 Å². The topological polar surface area (TPSA) is 105 Å². The van der Waals surface area contributed by atoms with Gasteiger partial charge in [0.1, 0.15) is 6.10 Å². The molecule has 1 aliphatic heterocycles. The summed E-state index contributed by atoms with van der Waals surface area (Å²) < 4.78 is 6.69. The quantitative estimate of drug-likeness (QED) is 0.585. The smallest absolute Gasteiger partial charge is 0.330 e. The zero-order valence-electron chi connectivity index (χ0n) is 8.92. The maximum Gasteiger partial charge on any atom is 0.330 e. The Morgan fingerprint density at radius 1 is 1.50 bits per heavy atom. The number of alkyl halides is 1. The monoisotopic (exact) mass is 384 g/mol. The lowest BCUT2D eigenvalue weighted by atomic mass is 10.2. The summed E-state index contributed by atoms with van der Waals surface area (Å²) in [6.45, 7) is -0.362. The van der Waals surface area contributed by atoms with Crippen molar-refractivity contribution in [2.45, 2.75) is 23.3 Å². The fourth-order valence-electron chi connectivity index (χ4n) is 1.73. The molecule has 0 radical (unpaired) electrons. The van der Waals surface area contributed by atoms with Gasteiger partial charge in [-0.1, -0.05) is 15.9 Å². The molecule has 1 saturated heterocycles. The molecule has 4 atom stereocenters. The van der Waals surface area contributed by atoms with E-state index in [0.29, 0.717) is 0 Å². The second kappa shape index (κ2) is 5.25. The minimum Gasteiger partial charge on any atom is -0.394 e. The lowest BCUT2D eigenvalue weighted by Gasteiger charge is -2.16. The van der Waals surface area contributed by atoms with Crippen molar-refractivity contribution < 1.29 is 14.9 Å². The van der Waals surface area contributed by atoms with Crippen LogP contribution in [0, 0.1) is 0 Å². The second-order valence-electron chi connectivity index (χ2n) is 3.83. The van der Waals surface area contributed by atoms with Crippen LogP contribution < -0.4 is 11.2 Å². The van der Waals surface area contributed by atoms with Gasteiger partial charge >= 0.3 is 5.69 Å². The van der Waals surface area contributed by atoms with E-state index in [0.717, 1.165) is 4.57 Å². The van der Waals surface area contributed by atoms with E-state index in [-0.39, 0.29) is 11.1 Å². The molecular formula is C9H10Br2N2O5. The first-order valence-electron chi connectivity index (χ1n) is 5.05. The molecular weight excluding hydrogens is 376 g/mol. The first kappa shape index (κ1) is 13.9. The lowest BCUT2D eigenvalue weighted by Crippen LogP contribution is -2.35. The van der Waals surface area contributed by atoms with Crippen LogP contribution in [-0.2, 0) is 4.74 Å². The average molecular weight is 386 g/mol. The molecule has 9 heteroatoms. The van der Waals surface area contributed by atoms with Gasteiger partial charge in [-0.15, -0.1) is 0 Å². The van der Waals surface area contributed by atoms with E-state index in [1.807, 2.05) is 0 Å². The summed E-state index contributed by atoms with van der Waals surface area (Å²) in [5.74, 6) is 0. The van der Waals surface area contributed by atoms with Crippen LogP contribution in [0.25, 0.3) is 0 Å². The van der Waals surface area contributed by atoms with Crippen LogP contribution in [0.2, 0.25) is 0 Å². The number of aliphatic hydroxyl groups excluding tert-OH is 2. The fourth-order valence-corrected chi connectivity index (χ4v) is 2.77. The molecule has 2 rings (SSSR count). The molecule has 0 spiro atoms. The molecule has 0 aromatic carbocycles. The van der Waals surface area contributed by atoms with E-state index >= 15 is 0 Å². The minimum absolute atomic E-state index is 0.173. The van der Waals surface area contributed by atoms with Crippen LogP contribution in [0.4, 0.5) is 0 Å². The van der Waals surface area contributed by atoms with Crippen molar-refractivity contribution in [2.24, 2.45) is 0 Å². The highest BCUT2D eigenvalue weighted by Gasteiger charge is 2.43. The molecule has 0 saturated carbocycles. The van der Waals surface area contributed by atoms with Gasteiger partial charge in [0, 0.05) is 6.20 Å². The molecule has 100 valence electrons. The number of hydrogen-bond donors (Lipinski definition) is 3. The summed E-state index contributed by atoms with van der Waals surface area (Å²) in [5, 5.41) is 18.8. The third kappa shape index (κ3) is 2.32. The fraction of sp³-hybridized carbons (Fsp3) is 0.556. The molecule has 1 fully saturated rings. The maximum absolute atomic E-state index is 11.7. The van der Waals surface area contributed by atoms with Crippen LogP contribution >= 0.6 is 31.9 Å². The second-order valence-corrected chi connectivity index (χ2v) is 5.74. The van der Waals surface area contributed by atoms with E-state index in [1.54, 1.807) is 0 Å². The Morgan fingerprint density at radius 3 is 2.72 bits per heavy atom. The standard InChI is InChI=1S/C9H10Br2N2O5/c10-3-1-13(9(17)12-7(3)16)8-5(11)6(15)4(2-14)18-8/h1,4-6,8,14-15H,2H2,(H,12,16,17)/t4-,5+,6+,8-/m0/s1. The number of hydrogen-bond acceptors (Lipinski definition) is 5. The van der Waals surface area contributed by atoms with Crippen molar-refractivity contribution in [1.82, 2.24) is 9.55 Å². The molecule has 0 amide bonds. The summed E-state index contributed by atoms with van der Waals surface area (Å²) >= 11 is 6.22. The summed E-state index contributed by atoms with van der Waals surface area (Å²) in [6, 6.07) is 0. The molecule has 0 unspecified atom stereocenters. The first-order valence-corrected chi connectivity index (χ1v) is 6.76. The van der Waals surface area contributed by atoms with Crippen molar-refractivity contribution in [3.63, 3.8) is 0 Å². The molecule has 2 heterocycles. The summed E-state index contributed by atoms with van der Waals surface area (Å²) in [5.41, 5.74) is -1.19. The summed E-state index contributed by atoms with van der Waals surface area (Å²) in [6.07, 6.45) is -1.25. The summed E-state index contributed by atoms with van der Waals surface area (Å²) in [4.78, 5) is 24.4. The predicted octanol–water partition coefficient (Wildman–Crippen LogP) is -0.687. The molecule has 0 bridgehead atoms.